The number of methoxy groups -OCH3 is 1. The second-order valence-corrected chi connectivity index (χ2v) is 34.2. The number of carboxylic acids is 1. The Morgan fingerprint density at radius 2 is 0.687 bits per heavy atom. The molecule has 8 aliphatic rings. The molecule has 4 aliphatic carbocycles. The number of benzene rings is 4. The van der Waals surface area contributed by atoms with Crippen LogP contribution in [0.1, 0.15) is 191 Å². The third-order valence-corrected chi connectivity index (χ3v) is 27.2. The highest BCUT2D eigenvalue weighted by molar-refractivity contribution is 6.41. The molecule has 4 amide bonds. The lowest BCUT2D eigenvalue weighted by atomic mass is 9.81. The number of carbonyl (C=O) groups is 6. The topological polar surface area (TPSA) is 305 Å². The van der Waals surface area contributed by atoms with Crippen LogP contribution >= 0.6 is 46.4 Å². The Labute approximate surface area is 689 Å². The molecule has 0 atom stereocenters. The molecule has 115 heavy (non-hydrogen) atoms. The average Bonchev–Trinajstić information content (AvgIpc) is 1.66. The maximum atomic E-state index is 13.8. The Balaban J connectivity index is 0.000000181. The molecule has 26 nitrogen and oxygen atoms in total. The zero-order valence-corrected chi connectivity index (χ0v) is 68.9. The van der Waals surface area contributed by atoms with Gasteiger partial charge in [-0.25, -0.2) is 19.9 Å². The number of fused-ring (bicyclic) bond motifs is 4. The lowest BCUT2D eigenvalue weighted by molar-refractivity contribution is -0.147. The maximum absolute atomic E-state index is 13.8. The number of anilines is 4. The van der Waals surface area contributed by atoms with Gasteiger partial charge >= 0.3 is 11.9 Å². The molecule has 0 radical (unpaired) electrons. The number of hydrogen-bond acceptors (Lipinski definition) is 17. The van der Waals surface area contributed by atoms with Crippen molar-refractivity contribution in [2.24, 2.45) is 51.9 Å². The van der Waals surface area contributed by atoms with Gasteiger partial charge in [-0.3, -0.25) is 48.4 Å². The largest absolute Gasteiger partial charge is 0.481 e. The third kappa shape index (κ3) is 17.6. The first-order chi connectivity index (χ1) is 55.4. The lowest BCUT2D eigenvalue weighted by Crippen LogP contribution is -2.42. The molecule has 7 N–H and O–H groups in total. The van der Waals surface area contributed by atoms with Crippen molar-refractivity contribution in [3.63, 3.8) is 0 Å². The van der Waals surface area contributed by atoms with Gasteiger partial charge in [0.2, 0.25) is 0 Å². The smallest absolute Gasteiger partial charge is 0.308 e. The standard InChI is InChI=1S/C43H52Cl2N8O5.C42H50Cl2N8O5/c1-50-35-18-20-52(22-25-10-12-26(13-11-25)43(57)58-3)23-33(35)46-39(50)41(55)48-31-8-4-6-29(37(31)44)30-7-5-9-32(38(30)45)49-42(56)40-47-34-24-53(21-19-36(34)51(40)2)27-14-16-28(54)17-15-27;1-49-34-17-19-51(21-24-9-11-25(12-10-24)42(56)57)22-32(34)45-38(49)40(54)47-30-7-3-5-28(36(30)43)29-6-4-8-31(37(29)44)48-41(55)39-46-33-23-52(20-18-35(33)50(39)2)26-13-15-27(53)16-14-26/h4-9,25-28,54H,10-24H2,1-3H3,(H,48,55)(H,49,56);3-8,24-27,53H,9-23H2,1-2H3,(H,47,54)(H,48,55)(H,56,57)/t25-,26-,27?,28?;24-,25-,26?,27?. The number of amides is 4. The summed E-state index contributed by atoms with van der Waals surface area (Å²) in [5.74, 6) is -0.247. The van der Waals surface area contributed by atoms with Crippen LogP contribution in [0.5, 0.6) is 0 Å². The van der Waals surface area contributed by atoms with Crippen molar-refractivity contribution in [2.75, 3.05) is 67.6 Å². The number of carboxylic acid groups (broad SMARTS) is 1. The van der Waals surface area contributed by atoms with Gasteiger partial charge in [0.05, 0.1) is 96.8 Å². The highest BCUT2D eigenvalue weighted by atomic mass is 35.5. The van der Waals surface area contributed by atoms with E-state index in [2.05, 4.69) is 40.9 Å². The summed E-state index contributed by atoms with van der Waals surface area (Å²) in [4.78, 5) is 107. The molecule has 4 saturated carbocycles. The Hall–Kier alpha value is -8.54. The number of esters is 1. The first-order valence-electron chi connectivity index (χ1n) is 40.6. The molecule has 0 unspecified atom stereocenters. The Bertz CT molecular complexity index is 5000. The Morgan fingerprint density at radius 3 is 0.983 bits per heavy atom. The third-order valence-electron chi connectivity index (χ3n) is 25.6. The SMILES string of the molecule is COC(=O)[C@H]1CC[C@H](CN2CCc3c(nc(C(=O)Nc4cccc(-c5cccc(NC(=O)c6nc7c(n6C)CCN(C6CCC(O)CC6)C7)c5Cl)c4Cl)n3C)C2)CC1.Cn1c(C(=O)Nc2cccc(-c3cccc(NC(=O)c4nc5c(n4C)CCN(C4CCC(O)CC4)C5)c3Cl)c2Cl)nc2c1CCN(C[C@H]1CC[C@H](C(=O)O)CC1)C2. The van der Waals surface area contributed by atoms with Crippen LogP contribution in [-0.4, -0.2) is 179 Å². The summed E-state index contributed by atoms with van der Waals surface area (Å²) in [5.41, 5.74) is 11.8. The van der Waals surface area contributed by atoms with Crippen LogP contribution in [0, 0.1) is 23.7 Å². The molecular formula is C85H102Cl4N16O10. The van der Waals surface area contributed by atoms with Crippen molar-refractivity contribution in [2.45, 2.75) is 179 Å². The van der Waals surface area contributed by atoms with Gasteiger partial charge in [0.25, 0.3) is 23.6 Å². The van der Waals surface area contributed by atoms with Gasteiger partial charge in [0, 0.05) is 176 Å². The number of aliphatic hydroxyl groups is 2. The minimum Gasteiger partial charge on any atom is -0.481 e. The van der Waals surface area contributed by atoms with Gasteiger partial charge in [-0.1, -0.05) is 94.9 Å². The normalized spacial score (nSPS) is 22.6. The quantitative estimate of drug-likeness (QED) is 0.0393. The van der Waals surface area contributed by atoms with Crippen LogP contribution in [-0.2, 0) is 94.4 Å². The van der Waals surface area contributed by atoms with E-state index in [0.29, 0.717) is 138 Å². The summed E-state index contributed by atoms with van der Waals surface area (Å²) in [6.07, 6.45) is 17.0. The highest BCUT2D eigenvalue weighted by Gasteiger charge is 2.38. The molecule has 16 rings (SSSR count). The second-order valence-electron chi connectivity index (χ2n) is 32.7. The van der Waals surface area contributed by atoms with Gasteiger partial charge in [-0.2, -0.15) is 0 Å². The van der Waals surface area contributed by atoms with E-state index in [0.717, 1.165) is 213 Å². The summed E-state index contributed by atoms with van der Waals surface area (Å²) < 4.78 is 12.4. The number of halogens is 4. The van der Waals surface area contributed by atoms with E-state index in [9.17, 15) is 44.1 Å². The second kappa shape index (κ2) is 35.3. The lowest BCUT2D eigenvalue weighted by Gasteiger charge is -2.37. The van der Waals surface area contributed by atoms with Gasteiger partial charge in [0.15, 0.2) is 23.3 Å². The summed E-state index contributed by atoms with van der Waals surface area (Å²) in [6, 6.07) is 22.3. The van der Waals surface area contributed by atoms with E-state index in [4.69, 9.17) is 71.1 Å². The fourth-order valence-corrected chi connectivity index (χ4v) is 20.1. The number of hydrogen-bond donors (Lipinski definition) is 7. The van der Waals surface area contributed by atoms with E-state index in [1.807, 2.05) is 70.7 Å². The van der Waals surface area contributed by atoms with E-state index in [1.54, 1.807) is 48.5 Å². The van der Waals surface area contributed by atoms with Crippen LogP contribution in [0.3, 0.4) is 0 Å². The minimum absolute atomic E-state index is 0.00965. The molecule has 0 saturated heterocycles. The molecule has 4 fully saturated rings. The van der Waals surface area contributed by atoms with Crippen LogP contribution in [0.4, 0.5) is 22.7 Å². The zero-order valence-electron chi connectivity index (χ0n) is 65.8. The molecule has 0 spiro atoms. The van der Waals surface area contributed by atoms with Gasteiger partial charge in [-0.05, 0) is 139 Å². The van der Waals surface area contributed by atoms with Crippen molar-refractivity contribution in [3.8, 4) is 22.3 Å². The predicted molar refractivity (Wildman–Crippen MR) is 442 cm³/mol. The van der Waals surface area contributed by atoms with Crippen LogP contribution in [0.25, 0.3) is 22.3 Å². The number of carbonyl (C=O) groups excluding carboxylic acids is 5. The summed E-state index contributed by atoms with van der Waals surface area (Å²) in [7, 11) is 8.95. The number of nitrogens with zero attached hydrogens (tertiary/aromatic N) is 12. The highest BCUT2D eigenvalue weighted by Crippen LogP contribution is 2.44. The molecular weight excluding hydrogens is 1550 g/mol. The number of aliphatic carboxylic acids is 1. The summed E-state index contributed by atoms with van der Waals surface area (Å²) in [5, 5.41) is 42.4. The molecule has 4 aromatic heterocycles. The molecule has 30 heteroatoms. The van der Waals surface area contributed by atoms with Crippen LogP contribution in [0.15, 0.2) is 72.8 Å². The number of rotatable bonds is 18. The van der Waals surface area contributed by atoms with E-state index in [-0.39, 0.29) is 53.6 Å². The number of nitrogens with one attached hydrogen (secondary N) is 4. The molecule has 8 heterocycles. The zero-order chi connectivity index (χ0) is 80.6. The fraction of sp³-hybridized carbons (Fsp3) is 0.506. The molecule has 8 aromatic rings. The predicted octanol–water partition coefficient (Wildman–Crippen LogP) is 13.2. The molecule has 0 bridgehead atoms. The fourth-order valence-electron chi connectivity index (χ4n) is 19.0. The van der Waals surface area contributed by atoms with Crippen molar-refractivity contribution < 1.29 is 48.8 Å². The van der Waals surface area contributed by atoms with Crippen molar-refractivity contribution in [3.05, 3.63) is 162 Å². The van der Waals surface area contributed by atoms with Gasteiger partial charge in [0.1, 0.15) is 0 Å². The van der Waals surface area contributed by atoms with Gasteiger partial charge in [-0.15, -0.1) is 0 Å². The van der Waals surface area contributed by atoms with E-state index >= 15 is 0 Å². The van der Waals surface area contributed by atoms with Crippen molar-refractivity contribution in [1.82, 2.24) is 57.8 Å². The van der Waals surface area contributed by atoms with Crippen molar-refractivity contribution in [1.29, 1.82) is 0 Å². The van der Waals surface area contributed by atoms with E-state index in [1.165, 1.54) is 7.11 Å². The number of aliphatic hydroxyl groups excluding tert-OH is 2. The monoisotopic (exact) mass is 1650 g/mol. The number of imidazole rings is 4. The Morgan fingerprint density at radius 1 is 0.400 bits per heavy atom. The van der Waals surface area contributed by atoms with E-state index < -0.39 is 5.97 Å². The first kappa shape index (κ1) is 81.6. The van der Waals surface area contributed by atoms with Crippen LogP contribution < -0.4 is 21.3 Å². The first-order valence-corrected chi connectivity index (χ1v) is 42.1. The van der Waals surface area contributed by atoms with Crippen LogP contribution in [0.2, 0.25) is 20.1 Å². The summed E-state index contributed by atoms with van der Waals surface area (Å²) >= 11 is 27.9. The maximum Gasteiger partial charge on any atom is 0.308 e. The number of aromatic nitrogens is 8. The number of ether oxygens (including phenoxy) is 1. The summed E-state index contributed by atoms with van der Waals surface area (Å²) in [6.45, 7) is 8.05. The molecule has 610 valence electrons. The Kier molecular flexibility index (Phi) is 25.1. The molecule has 4 aliphatic heterocycles. The van der Waals surface area contributed by atoms with Crippen molar-refractivity contribution >= 4 is 105 Å². The molecule has 4 aromatic carbocycles. The van der Waals surface area contributed by atoms with Gasteiger partial charge < -0.3 is 59.6 Å². The minimum atomic E-state index is -0.688. The average molecular weight is 1650 g/mol.